The number of nitrogens with zero attached hydrogens (tertiary/aromatic N) is 2. The van der Waals surface area contributed by atoms with Gasteiger partial charge >= 0.3 is 6.03 Å². The lowest BCUT2D eigenvalue weighted by molar-refractivity contribution is -0.130. The smallest absolute Gasteiger partial charge is 0.325 e. The van der Waals surface area contributed by atoms with E-state index in [2.05, 4.69) is 10.2 Å². The summed E-state index contributed by atoms with van der Waals surface area (Å²) in [5.41, 5.74) is -0.788. The van der Waals surface area contributed by atoms with E-state index in [1.165, 1.54) is 24.2 Å². The lowest BCUT2D eigenvalue weighted by Crippen LogP contribution is -2.46. The lowest BCUT2D eigenvalue weighted by Gasteiger charge is -2.38. The molecule has 2 rings (SSSR count). The number of nitrogens with one attached hydrogen (secondary N) is 1. The van der Waals surface area contributed by atoms with Gasteiger partial charge in [-0.05, 0) is 33.1 Å². The summed E-state index contributed by atoms with van der Waals surface area (Å²) in [6.45, 7) is 5.58. The van der Waals surface area contributed by atoms with Gasteiger partial charge in [-0.1, -0.05) is 6.42 Å². The summed E-state index contributed by atoms with van der Waals surface area (Å²) in [6, 6.07) is 0.256. The van der Waals surface area contributed by atoms with Crippen LogP contribution < -0.4 is 5.32 Å². The van der Waals surface area contributed by atoms with Crippen LogP contribution in [-0.4, -0.2) is 64.7 Å². The standard InChI is InChI=1S/C14H25N3O3/c1-14(2)12(19)17(13(20)15-14)9-8-16(7-4-10-18)11-5-3-6-11/h11,18H,3-10H2,1-2H3,(H,15,20). The molecule has 0 unspecified atom stereocenters. The van der Waals surface area contributed by atoms with E-state index in [0.29, 0.717) is 19.1 Å². The first kappa shape index (κ1) is 15.3. The monoisotopic (exact) mass is 283 g/mol. The van der Waals surface area contributed by atoms with Crippen molar-refractivity contribution in [3.05, 3.63) is 0 Å². The van der Waals surface area contributed by atoms with Crippen molar-refractivity contribution >= 4 is 11.9 Å². The molecule has 6 nitrogen and oxygen atoms in total. The van der Waals surface area contributed by atoms with Crippen LogP contribution in [-0.2, 0) is 4.79 Å². The molecule has 0 bridgehead atoms. The number of carbonyl (C=O) groups excluding carboxylic acids is 2. The molecule has 1 saturated heterocycles. The van der Waals surface area contributed by atoms with Crippen LogP contribution in [0.25, 0.3) is 0 Å². The maximum atomic E-state index is 12.1. The Balaban J connectivity index is 1.88. The van der Waals surface area contributed by atoms with E-state index in [4.69, 9.17) is 5.11 Å². The Morgan fingerprint density at radius 2 is 2.05 bits per heavy atom. The number of aliphatic hydroxyl groups is 1. The van der Waals surface area contributed by atoms with Crippen LogP contribution in [0.15, 0.2) is 0 Å². The minimum Gasteiger partial charge on any atom is -0.396 e. The van der Waals surface area contributed by atoms with E-state index in [9.17, 15) is 9.59 Å². The van der Waals surface area contributed by atoms with Crippen LogP contribution in [0.3, 0.4) is 0 Å². The highest BCUT2D eigenvalue weighted by atomic mass is 16.3. The van der Waals surface area contributed by atoms with Crippen molar-refractivity contribution in [3.8, 4) is 0 Å². The Kier molecular flexibility index (Phi) is 4.65. The third kappa shape index (κ3) is 3.12. The first-order valence-electron chi connectivity index (χ1n) is 7.45. The second kappa shape index (κ2) is 6.10. The first-order chi connectivity index (χ1) is 9.45. The molecule has 0 aromatic heterocycles. The summed E-state index contributed by atoms with van der Waals surface area (Å²) >= 11 is 0. The molecule has 1 heterocycles. The number of amides is 3. The van der Waals surface area contributed by atoms with Crippen molar-refractivity contribution in [1.29, 1.82) is 0 Å². The fourth-order valence-corrected chi connectivity index (χ4v) is 2.75. The van der Waals surface area contributed by atoms with Gasteiger partial charge in [0.1, 0.15) is 5.54 Å². The third-order valence-corrected chi connectivity index (χ3v) is 4.25. The molecule has 20 heavy (non-hydrogen) atoms. The van der Waals surface area contributed by atoms with Gasteiger partial charge in [0.05, 0.1) is 0 Å². The van der Waals surface area contributed by atoms with Crippen molar-refractivity contribution in [2.75, 3.05) is 26.2 Å². The zero-order valence-electron chi connectivity index (χ0n) is 12.4. The summed E-state index contributed by atoms with van der Waals surface area (Å²) < 4.78 is 0. The molecule has 0 aromatic rings. The van der Waals surface area contributed by atoms with Crippen molar-refractivity contribution < 1.29 is 14.7 Å². The zero-order valence-corrected chi connectivity index (χ0v) is 12.4. The minimum absolute atomic E-state index is 0.154. The van der Waals surface area contributed by atoms with Crippen LogP contribution in [0.5, 0.6) is 0 Å². The molecule has 2 N–H and O–H groups in total. The highest BCUT2D eigenvalue weighted by Crippen LogP contribution is 2.25. The molecular weight excluding hydrogens is 258 g/mol. The van der Waals surface area contributed by atoms with Gasteiger partial charge in [0, 0.05) is 32.3 Å². The van der Waals surface area contributed by atoms with Gasteiger partial charge < -0.3 is 10.4 Å². The fraction of sp³-hybridized carbons (Fsp3) is 0.857. The normalized spacial score (nSPS) is 22.3. The highest BCUT2D eigenvalue weighted by Gasteiger charge is 2.44. The molecule has 3 amide bonds. The number of carbonyl (C=O) groups is 2. The van der Waals surface area contributed by atoms with Crippen LogP contribution in [0.4, 0.5) is 4.79 Å². The van der Waals surface area contributed by atoms with E-state index in [1.54, 1.807) is 13.8 Å². The summed E-state index contributed by atoms with van der Waals surface area (Å²) in [7, 11) is 0. The van der Waals surface area contributed by atoms with Crippen LogP contribution in [0, 0.1) is 0 Å². The second-order valence-electron chi connectivity index (χ2n) is 6.21. The molecule has 0 radical (unpaired) electrons. The Hall–Kier alpha value is -1.14. The third-order valence-electron chi connectivity index (χ3n) is 4.25. The number of imide groups is 1. The SMILES string of the molecule is CC1(C)NC(=O)N(CCN(CCCO)C2CCC2)C1=O. The number of hydrogen-bond acceptors (Lipinski definition) is 4. The molecule has 114 valence electrons. The average molecular weight is 283 g/mol. The number of urea groups is 1. The van der Waals surface area contributed by atoms with E-state index >= 15 is 0 Å². The largest absolute Gasteiger partial charge is 0.396 e. The second-order valence-corrected chi connectivity index (χ2v) is 6.21. The number of hydrogen-bond donors (Lipinski definition) is 2. The number of aliphatic hydroxyl groups excluding tert-OH is 1. The van der Waals surface area contributed by atoms with Gasteiger partial charge in [-0.2, -0.15) is 0 Å². The minimum atomic E-state index is -0.788. The van der Waals surface area contributed by atoms with Gasteiger partial charge in [0.25, 0.3) is 5.91 Å². The predicted octanol–water partition coefficient (Wildman–Crippen LogP) is 0.554. The van der Waals surface area contributed by atoms with Crippen LogP contribution in [0.1, 0.15) is 39.5 Å². The molecular formula is C14H25N3O3. The van der Waals surface area contributed by atoms with Gasteiger partial charge in [0.15, 0.2) is 0 Å². The topological polar surface area (TPSA) is 72.9 Å². The Bertz CT molecular complexity index is 380. The lowest BCUT2D eigenvalue weighted by atomic mass is 9.91. The molecule has 2 aliphatic rings. The molecule has 1 aliphatic carbocycles. The fourth-order valence-electron chi connectivity index (χ4n) is 2.75. The van der Waals surface area contributed by atoms with E-state index in [1.807, 2.05) is 0 Å². The predicted molar refractivity (Wildman–Crippen MR) is 75.2 cm³/mol. The summed E-state index contributed by atoms with van der Waals surface area (Å²) in [5, 5.41) is 11.7. The molecule has 0 aromatic carbocycles. The highest BCUT2D eigenvalue weighted by molar-refractivity contribution is 6.06. The first-order valence-corrected chi connectivity index (χ1v) is 7.45. The summed E-state index contributed by atoms with van der Waals surface area (Å²) in [5.74, 6) is -0.154. The Morgan fingerprint density at radius 1 is 1.35 bits per heavy atom. The van der Waals surface area contributed by atoms with E-state index in [0.717, 1.165) is 13.0 Å². The molecule has 2 fully saturated rings. The summed E-state index contributed by atoms with van der Waals surface area (Å²) in [6.07, 6.45) is 4.34. The summed E-state index contributed by atoms with van der Waals surface area (Å²) in [4.78, 5) is 27.5. The van der Waals surface area contributed by atoms with Gasteiger partial charge in [0.2, 0.25) is 0 Å². The quantitative estimate of drug-likeness (QED) is 0.669. The zero-order chi connectivity index (χ0) is 14.8. The van der Waals surface area contributed by atoms with Crippen molar-refractivity contribution in [1.82, 2.24) is 15.1 Å². The molecule has 0 spiro atoms. The van der Waals surface area contributed by atoms with Crippen molar-refractivity contribution in [2.24, 2.45) is 0 Å². The van der Waals surface area contributed by atoms with E-state index < -0.39 is 5.54 Å². The van der Waals surface area contributed by atoms with E-state index in [-0.39, 0.29) is 18.5 Å². The Labute approximate surface area is 120 Å². The number of rotatable bonds is 7. The molecule has 6 heteroatoms. The van der Waals surface area contributed by atoms with Gasteiger partial charge in [-0.3, -0.25) is 14.6 Å². The maximum absolute atomic E-state index is 12.1. The molecule has 1 saturated carbocycles. The van der Waals surface area contributed by atoms with Crippen LogP contribution in [0.2, 0.25) is 0 Å². The van der Waals surface area contributed by atoms with Crippen molar-refractivity contribution in [3.63, 3.8) is 0 Å². The maximum Gasteiger partial charge on any atom is 0.325 e. The van der Waals surface area contributed by atoms with Gasteiger partial charge in [-0.15, -0.1) is 0 Å². The Morgan fingerprint density at radius 3 is 2.50 bits per heavy atom. The van der Waals surface area contributed by atoms with Gasteiger partial charge in [-0.25, -0.2) is 4.79 Å². The molecule has 1 aliphatic heterocycles. The molecule has 0 atom stereocenters. The average Bonchev–Trinajstić information content (AvgIpc) is 2.50. The van der Waals surface area contributed by atoms with Crippen LogP contribution >= 0.6 is 0 Å². The van der Waals surface area contributed by atoms with Crippen molar-refractivity contribution in [2.45, 2.75) is 51.1 Å².